The molecule has 3 aromatic carbocycles. The number of imidazole rings is 1. The Bertz CT molecular complexity index is 1310. The van der Waals surface area contributed by atoms with E-state index < -0.39 is 11.6 Å². The zero-order valence-electron chi connectivity index (χ0n) is 14.9. The molecule has 4 aromatic rings. The van der Waals surface area contributed by atoms with Crippen LogP contribution in [-0.2, 0) is 0 Å². The van der Waals surface area contributed by atoms with Crippen molar-refractivity contribution in [2.45, 2.75) is 9.79 Å². The first-order valence-corrected chi connectivity index (χ1v) is 10.7. The SMILES string of the molecule is O=C(/C=C/c1ccc(Sc2ccccc2Br)c(Cl)c1)n1c(=O)[nH]c2ccccc21. The van der Waals surface area contributed by atoms with Gasteiger partial charge >= 0.3 is 5.69 Å². The van der Waals surface area contributed by atoms with E-state index in [2.05, 4.69) is 20.9 Å². The molecule has 0 atom stereocenters. The van der Waals surface area contributed by atoms with Crippen molar-refractivity contribution in [2.75, 3.05) is 0 Å². The van der Waals surface area contributed by atoms with E-state index in [-0.39, 0.29) is 0 Å². The Kier molecular flexibility index (Phi) is 5.76. The fraction of sp³-hybridized carbons (Fsp3) is 0. The summed E-state index contributed by atoms with van der Waals surface area (Å²) in [6, 6.07) is 20.6. The van der Waals surface area contributed by atoms with Gasteiger partial charge in [0.15, 0.2) is 0 Å². The fourth-order valence-corrected chi connectivity index (χ4v) is 4.54. The number of para-hydroxylation sites is 2. The second-order valence-electron chi connectivity index (χ2n) is 6.18. The van der Waals surface area contributed by atoms with Crippen LogP contribution < -0.4 is 5.69 Å². The van der Waals surface area contributed by atoms with Crippen molar-refractivity contribution in [3.8, 4) is 0 Å². The summed E-state index contributed by atoms with van der Waals surface area (Å²) in [6.07, 6.45) is 3.02. The number of carbonyl (C=O) groups is 1. The number of carbonyl (C=O) groups excluding carboxylic acids is 1. The van der Waals surface area contributed by atoms with E-state index >= 15 is 0 Å². The second-order valence-corrected chi connectivity index (χ2v) is 8.52. The predicted molar refractivity (Wildman–Crippen MR) is 122 cm³/mol. The number of hydrogen-bond acceptors (Lipinski definition) is 3. The Hall–Kier alpha value is -2.54. The molecular weight excluding hydrogens is 472 g/mol. The molecule has 0 aliphatic heterocycles. The van der Waals surface area contributed by atoms with Gasteiger partial charge in [-0.15, -0.1) is 0 Å². The van der Waals surface area contributed by atoms with Crippen LogP contribution >= 0.6 is 39.3 Å². The van der Waals surface area contributed by atoms with Crippen molar-refractivity contribution in [2.24, 2.45) is 0 Å². The van der Waals surface area contributed by atoms with E-state index in [1.165, 1.54) is 6.08 Å². The van der Waals surface area contributed by atoms with Crippen LogP contribution in [0.4, 0.5) is 0 Å². The molecule has 0 saturated carbocycles. The summed E-state index contributed by atoms with van der Waals surface area (Å²) >= 11 is 11.5. The average molecular weight is 486 g/mol. The molecule has 0 aliphatic rings. The molecule has 0 saturated heterocycles. The van der Waals surface area contributed by atoms with Crippen molar-refractivity contribution >= 4 is 62.3 Å². The van der Waals surface area contributed by atoms with Gasteiger partial charge in [0.2, 0.25) is 0 Å². The molecule has 7 heteroatoms. The van der Waals surface area contributed by atoms with Crippen LogP contribution in [0.3, 0.4) is 0 Å². The van der Waals surface area contributed by atoms with E-state index in [1.54, 1.807) is 48.2 Å². The smallest absolute Gasteiger partial charge is 0.305 e. The second kappa shape index (κ2) is 8.45. The molecule has 0 radical (unpaired) electrons. The number of halogens is 2. The van der Waals surface area contributed by atoms with Gasteiger partial charge < -0.3 is 4.98 Å². The molecule has 1 heterocycles. The fourth-order valence-electron chi connectivity index (χ4n) is 2.87. The molecule has 0 aliphatic carbocycles. The summed E-state index contributed by atoms with van der Waals surface area (Å²) in [4.78, 5) is 29.3. The molecule has 144 valence electrons. The topological polar surface area (TPSA) is 54.9 Å². The van der Waals surface area contributed by atoms with Gasteiger partial charge in [0.1, 0.15) is 0 Å². The Labute approximate surface area is 184 Å². The number of hydrogen-bond donors (Lipinski definition) is 1. The van der Waals surface area contributed by atoms with Crippen LogP contribution in [0.15, 0.2) is 91.9 Å². The van der Waals surface area contributed by atoms with E-state index in [9.17, 15) is 9.59 Å². The Morgan fingerprint density at radius 1 is 1.03 bits per heavy atom. The number of benzene rings is 3. The zero-order chi connectivity index (χ0) is 20.4. The first-order chi connectivity index (χ1) is 14.0. The summed E-state index contributed by atoms with van der Waals surface area (Å²) in [7, 11) is 0. The lowest BCUT2D eigenvalue weighted by Crippen LogP contribution is -2.22. The van der Waals surface area contributed by atoms with Gasteiger partial charge in [0, 0.05) is 20.3 Å². The van der Waals surface area contributed by atoms with Gasteiger partial charge in [-0.1, -0.05) is 53.7 Å². The summed E-state index contributed by atoms with van der Waals surface area (Å²) in [6.45, 7) is 0. The molecule has 1 N–H and O–H groups in total. The lowest BCUT2D eigenvalue weighted by atomic mass is 10.2. The monoisotopic (exact) mass is 484 g/mol. The Balaban J connectivity index is 1.56. The molecule has 0 bridgehead atoms. The Morgan fingerprint density at radius 3 is 2.59 bits per heavy atom. The molecule has 0 spiro atoms. The summed E-state index contributed by atoms with van der Waals surface area (Å²) in [5.74, 6) is -0.421. The lowest BCUT2D eigenvalue weighted by Gasteiger charge is -2.07. The summed E-state index contributed by atoms with van der Waals surface area (Å²) in [5.41, 5.74) is 1.48. The third-order valence-electron chi connectivity index (χ3n) is 4.24. The van der Waals surface area contributed by atoms with Crippen molar-refractivity contribution in [3.05, 3.63) is 98.3 Å². The molecule has 0 unspecified atom stereocenters. The lowest BCUT2D eigenvalue weighted by molar-refractivity contribution is 0.0971. The Morgan fingerprint density at radius 2 is 1.79 bits per heavy atom. The van der Waals surface area contributed by atoms with Crippen molar-refractivity contribution in [1.82, 2.24) is 9.55 Å². The quantitative estimate of drug-likeness (QED) is 0.348. The van der Waals surface area contributed by atoms with E-state index in [4.69, 9.17) is 11.6 Å². The largest absolute Gasteiger partial charge is 0.333 e. The van der Waals surface area contributed by atoms with Crippen molar-refractivity contribution in [1.29, 1.82) is 0 Å². The maximum absolute atomic E-state index is 12.6. The standard InChI is InChI=1S/C22H14BrClN2O2S/c23-15-5-1-4-8-19(15)29-20-11-9-14(13-16(20)24)10-12-21(27)26-18-7-3-2-6-17(18)25-22(26)28/h1-13H,(H,25,28)/b12-10+. The minimum atomic E-state index is -0.459. The molecular formula is C22H14BrClN2O2S. The van der Waals surface area contributed by atoms with Crippen LogP contribution in [0.2, 0.25) is 5.02 Å². The number of rotatable bonds is 4. The van der Waals surface area contributed by atoms with Gasteiger partial charge in [0.25, 0.3) is 5.91 Å². The predicted octanol–water partition coefficient (Wildman–Crippen LogP) is 6.25. The zero-order valence-corrected chi connectivity index (χ0v) is 18.1. The molecule has 1 aromatic heterocycles. The van der Waals surface area contributed by atoms with E-state index in [0.29, 0.717) is 16.1 Å². The number of nitrogens with one attached hydrogen (secondary N) is 1. The normalized spacial score (nSPS) is 11.4. The third-order valence-corrected chi connectivity index (χ3v) is 6.77. The number of aromatic nitrogens is 2. The van der Waals surface area contributed by atoms with Crippen LogP contribution in [-0.4, -0.2) is 15.5 Å². The molecule has 4 rings (SSSR count). The number of fused-ring (bicyclic) bond motifs is 1. The minimum absolute atomic E-state index is 0.421. The summed E-state index contributed by atoms with van der Waals surface area (Å²) < 4.78 is 2.12. The van der Waals surface area contributed by atoms with Gasteiger partial charge in [-0.3, -0.25) is 4.79 Å². The van der Waals surface area contributed by atoms with Crippen LogP contribution in [0.5, 0.6) is 0 Å². The average Bonchev–Trinajstić information content (AvgIpc) is 3.05. The third kappa shape index (κ3) is 4.24. The maximum Gasteiger partial charge on any atom is 0.333 e. The van der Waals surface area contributed by atoms with Gasteiger partial charge in [-0.05, 0) is 64.0 Å². The highest BCUT2D eigenvalue weighted by atomic mass is 79.9. The summed E-state index contributed by atoms with van der Waals surface area (Å²) in [5, 5.41) is 0.588. The van der Waals surface area contributed by atoms with Crippen LogP contribution in [0.1, 0.15) is 10.4 Å². The first-order valence-electron chi connectivity index (χ1n) is 8.67. The number of H-pyrrole nitrogens is 1. The molecule has 4 nitrogen and oxygen atoms in total. The highest BCUT2D eigenvalue weighted by Gasteiger charge is 2.11. The minimum Gasteiger partial charge on any atom is -0.305 e. The highest BCUT2D eigenvalue weighted by molar-refractivity contribution is 9.10. The van der Waals surface area contributed by atoms with E-state index in [1.807, 2.05) is 36.4 Å². The number of aromatic amines is 1. The van der Waals surface area contributed by atoms with Crippen molar-refractivity contribution in [3.63, 3.8) is 0 Å². The highest BCUT2D eigenvalue weighted by Crippen LogP contribution is 2.37. The molecule has 0 fully saturated rings. The van der Waals surface area contributed by atoms with Crippen molar-refractivity contribution < 1.29 is 4.79 Å². The maximum atomic E-state index is 12.6. The molecule has 0 amide bonds. The van der Waals surface area contributed by atoms with E-state index in [0.717, 1.165) is 24.4 Å². The van der Waals surface area contributed by atoms with Gasteiger partial charge in [-0.25, -0.2) is 9.36 Å². The molecule has 29 heavy (non-hydrogen) atoms. The van der Waals surface area contributed by atoms with Gasteiger partial charge in [-0.2, -0.15) is 0 Å². The van der Waals surface area contributed by atoms with Gasteiger partial charge in [0.05, 0.1) is 16.1 Å². The number of allylic oxidation sites excluding steroid dienone is 1. The van der Waals surface area contributed by atoms with Crippen LogP contribution in [0.25, 0.3) is 17.1 Å². The first kappa shape index (κ1) is 19.8. The van der Waals surface area contributed by atoms with Crippen LogP contribution in [0, 0.1) is 0 Å². The number of nitrogens with zero attached hydrogens (tertiary/aromatic N) is 1.